The number of halogens is 1. The molecule has 0 saturated carbocycles. The van der Waals surface area contributed by atoms with Crippen LogP contribution in [0.5, 0.6) is 17.2 Å². The van der Waals surface area contributed by atoms with Crippen LogP contribution in [0.3, 0.4) is 0 Å². The molecule has 1 unspecified atom stereocenters. The molecule has 7 nitrogen and oxygen atoms in total. The summed E-state index contributed by atoms with van der Waals surface area (Å²) in [6.07, 6.45) is 0.774. The van der Waals surface area contributed by atoms with Gasteiger partial charge in [-0.15, -0.1) is 12.4 Å². The molecule has 0 bridgehead atoms. The van der Waals surface area contributed by atoms with Gasteiger partial charge in [-0.25, -0.2) is 8.42 Å². The summed E-state index contributed by atoms with van der Waals surface area (Å²) < 4.78 is 43.0. The van der Waals surface area contributed by atoms with Crippen LogP contribution in [0.4, 0.5) is 0 Å². The number of hydrogen-bond donors (Lipinski definition) is 1. The Morgan fingerprint density at radius 2 is 1.70 bits per heavy atom. The highest BCUT2D eigenvalue weighted by Crippen LogP contribution is 2.39. The quantitative estimate of drug-likeness (QED) is 0.813. The smallest absolute Gasteiger partial charge is 0.250 e. The number of rotatable bonds is 6. The molecule has 0 aliphatic carbocycles. The average molecular weight is 367 g/mol. The van der Waals surface area contributed by atoms with E-state index < -0.39 is 10.0 Å². The molecule has 0 amide bonds. The first-order valence-electron chi connectivity index (χ1n) is 6.95. The molecular weight excluding hydrogens is 344 g/mol. The van der Waals surface area contributed by atoms with Crippen LogP contribution in [0, 0.1) is 0 Å². The van der Waals surface area contributed by atoms with Crippen LogP contribution < -0.4 is 19.5 Å². The van der Waals surface area contributed by atoms with E-state index in [0.717, 1.165) is 6.42 Å². The largest absolute Gasteiger partial charge is 0.496 e. The summed E-state index contributed by atoms with van der Waals surface area (Å²) in [4.78, 5) is 0.0371. The minimum atomic E-state index is -3.70. The molecule has 1 aliphatic heterocycles. The van der Waals surface area contributed by atoms with Gasteiger partial charge in [-0.2, -0.15) is 4.31 Å². The van der Waals surface area contributed by atoms with Crippen molar-refractivity contribution < 1.29 is 22.6 Å². The highest BCUT2D eigenvalue weighted by molar-refractivity contribution is 7.89. The van der Waals surface area contributed by atoms with Crippen molar-refractivity contribution in [3.8, 4) is 17.2 Å². The van der Waals surface area contributed by atoms with Gasteiger partial charge in [0, 0.05) is 31.3 Å². The molecular formula is C14H23ClN2O5S. The first kappa shape index (κ1) is 19.8. The van der Waals surface area contributed by atoms with E-state index in [0.29, 0.717) is 18.8 Å². The molecule has 9 heteroatoms. The monoisotopic (exact) mass is 366 g/mol. The van der Waals surface area contributed by atoms with Crippen molar-refractivity contribution in [2.24, 2.45) is 0 Å². The summed E-state index contributed by atoms with van der Waals surface area (Å²) in [6.45, 7) is 0.892. The third-order valence-electron chi connectivity index (χ3n) is 3.83. The fourth-order valence-electron chi connectivity index (χ4n) is 2.54. The van der Waals surface area contributed by atoms with Crippen molar-refractivity contribution in [2.45, 2.75) is 17.4 Å². The van der Waals surface area contributed by atoms with Crippen LogP contribution in [-0.2, 0) is 10.0 Å². The van der Waals surface area contributed by atoms with Crippen LogP contribution >= 0.6 is 12.4 Å². The van der Waals surface area contributed by atoms with E-state index in [-0.39, 0.29) is 34.8 Å². The standard InChI is InChI=1S/C14H22N2O5S.ClH/c1-15-10-5-6-16(9-10)22(17,18)14-12(20-3)7-11(19-2)8-13(14)21-4;/h7-8,10,15H,5-6,9H2,1-4H3;1H. The topological polar surface area (TPSA) is 77.1 Å². The van der Waals surface area contributed by atoms with Gasteiger partial charge >= 0.3 is 0 Å². The Hall–Kier alpha value is -1.22. The predicted molar refractivity (Wildman–Crippen MR) is 89.6 cm³/mol. The lowest BCUT2D eigenvalue weighted by atomic mass is 10.3. The van der Waals surface area contributed by atoms with E-state index in [1.807, 2.05) is 7.05 Å². The number of methoxy groups -OCH3 is 3. The number of nitrogens with zero attached hydrogens (tertiary/aromatic N) is 1. The number of likely N-dealkylation sites (N-methyl/N-ethyl adjacent to an activating group) is 1. The lowest BCUT2D eigenvalue weighted by molar-refractivity contribution is 0.355. The molecule has 1 heterocycles. The Morgan fingerprint density at radius 3 is 2.09 bits per heavy atom. The van der Waals surface area contributed by atoms with Crippen LogP contribution in [0.2, 0.25) is 0 Å². The summed E-state index contributed by atoms with van der Waals surface area (Å²) >= 11 is 0. The van der Waals surface area contributed by atoms with E-state index >= 15 is 0 Å². The summed E-state index contributed by atoms with van der Waals surface area (Å²) in [6, 6.07) is 3.24. The van der Waals surface area contributed by atoms with Gasteiger partial charge in [-0.05, 0) is 13.5 Å². The van der Waals surface area contributed by atoms with Gasteiger partial charge in [0.1, 0.15) is 17.2 Å². The maximum absolute atomic E-state index is 13.0. The minimum Gasteiger partial charge on any atom is -0.496 e. The Labute approximate surface area is 143 Å². The SMILES string of the molecule is CNC1CCN(S(=O)(=O)c2c(OC)cc(OC)cc2OC)C1.Cl. The molecule has 1 aromatic rings. The van der Waals surface area contributed by atoms with E-state index in [4.69, 9.17) is 14.2 Å². The molecule has 132 valence electrons. The number of hydrogen-bond acceptors (Lipinski definition) is 6. The normalized spacial score (nSPS) is 18.3. The molecule has 1 fully saturated rings. The van der Waals surface area contributed by atoms with Gasteiger partial charge in [-0.3, -0.25) is 0 Å². The highest BCUT2D eigenvalue weighted by Gasteiger charge is 2.36. The molecule has 1 aromatic carbocycles. The van der Waals surface area contributed by atoms with Gasteiger partial charge in [-0.1, -0.05) is 0 Å². The predicted octanol–water partition coefficient (Wildman–Crippen LogP) is 1.12. The molecule has 1 saturated heterocycles. The second-order valence-corrected chi connectivity index (χ2v) is 6.87. The van der Waals surface area contributed by atoms with Gasteiger partial charge in [0.05, 0.1) is 21.3 Å². The Balaban J connectivity index is 0.00000264. The van der Waals surface area contributed by atoms with E-state index in [1.165, 1.54) is 25.6 Å². The summed E-state index contributed by atoms with van der Waals surface area (Å²) in [5, 5.41) is 3.10. The molecule has 2 rings (SSSR count). The highest BCUT2D eigenvalue weighted by atomic mass is 35.5. The summed E-state index contributed by atoms with van der Waals surface area (Å²) in [7, 11) is 2.47. The van der Waals surface area contributed by atoms with Crippen molar-refractivity contribution >= 4 is 22.4 Å². The first-order chi connectivity index (χ1) is 10.5. The third-order valence-corrected chi connectivity index (χ3v) is 5.76. The van der Waals surface area contributed by atoms with E-state index in [1.54, 1.807) is 12.1 Å². The lowest BCUT2D eigenvalue weighted by Crippen LogP contribution is -2.33. The molecule has 23 heavy (non-hydrogen) atoms. The maximum Gasteiger partial charge on any atom is 0.250 e. The zero-order valence-corrected chi connectivity index (χ0v) is 15.3. The minimum absolute atomic E-state index is 0. The molecule has 1 N–H and O–H groups in total. The second-order valence-electron chi connectivity index (χ2n) is 5.00. The van der Waals surface area contributed by atoms with Crippen molar-refractivity contribution in [1.29, 1.82) is 0 Å². The van der Waals surface area contributed by atoms with Crippen molar-refractivity contribution in [2.75, 3.05) is 41.5 Å². The van der Waals surface area contributed by atoms with Gasteiger partial charge in [0.25, 0.3) is 10.0 Å². The van der Waals surface area contributed by atoms with Gasteiger partial charge in [0.2, 0.25) is 0 Å². The number of sulfonamides is 1. The number of benzene rings is 1. The van der Waals surface area contributed by atoms with Crippen molar-refractivity contribution in [1.82, 2.24) is 9.62 Å². The zero-order valence-electron chi connectivity index (χ0n) is 13.7. The third kappa shape index (κ3) is 3.82. The molecule has 1 atom stereocenters. The van der Waals surface area contributed by atoms with Crippen LogP contribution in [0.25, 0.3) is 0 Å². The van der Waals surface area contributed by atoms with Crippen LogP contribution in [-0.4, -0.2) is 60.2 Å². The van der Waals surface area contributed by atoms with Gasteiger partial charge < -0.3 is 19.5 Å². The van der Waals surface area contributed by atoms with Crippen LogP contribution in [0.1, 0.15) is 6.42 Å². The molecule has 1 aliphatic rings. The Kier molecular flexibility index (Phi) is 6.94. The Morgan fingerprint density at radius 1 is 1.13 bits per heavy atom. The molecule has 0 spiro atoms. The number of nitrogens with one attached hydrogen (secondary N) is 1. The maximum atomic E-state index is 13.0. The average Bonchev–Trinajstić information content (AvgIpc) is 3.03. The second kappa shape index (κ2) is 8.05. The van der Waals surface area contributed by atoms with Crippen LogP contribution in [0.15, 0.2) is 17.0 Å². The summed E-state index contributed by atoms with van der Waals surface area (Å²) in [5.74, 6) is 0.899. The first-order valence-corrected chi connectivity index (χ1v) is 8.39. The lowest BCUT2D eigenvalue weighted by Gasteiger charge is -2.21. The summed E-state index contributed by atoms with van der Waals surface area (Å²) in [5.41, 5.74) is 0. The molecule has 0 aromatic heterocycles. The Bertz CT molecular complexity index is 613. The van der Waals surface area contributed by atoms with E-state index in [9.17, 15) is 8.42 Å². The van der Waals surface area contributed by atoms with Crippen molar-refractivity contribution in [3.63, 3.8) is 0 Å². The van der Waals surface area contributed by atoms with Crippen molar-refractivity contribution in [3.05, 3.63) is 12.1 Å². The zero-order chi connectivity index (χ0) is 16.3. The fourth-order valence-corrected chi connectivity index (χ4v) is 4.31. The van der Waals surface area contributed by atoms with E-state index in [2.05, 4.69) is 5.32 Å². The van der Waals surface area contributed by atoms with Gasteiger partial charge in [0.15, 0.2) is 4.90 Å². The molecule has 0 radical (unpaired) electrons. The fraction of sp³-hybridized carbons (Fsp3) is 0.571. The number of ether oxygens (including phenoxy) is 3.